The van der Waals surface area contributed by atoms with Gasteiger partial charge in [0.05, 0.1) is 12.1 Å². The Labute approximate surface area is 160 Å². The molecule has 1 aliphatic rings. The molecule has 0 unspecified atom stereocenters. The van der Waals surface area contributed by atoms with Crippen LogP contribution in [0, 0.1) is 12.7 Å². The van der Waals surface area contributed by atoms with E-state index in [1.165, 1.54) is 19.1 Å². The number of aryl methyl sites for hydroxylation is 1. The normalized spacial score (nSPS) is 16.2. The number of hydrogen-bond acceptors (Lipinski definition) is 5. The molecule has 3 rings (SSSR count). The van der Waals surface area contributed by atoms with Crippen molar-refractivity contribution in [2.75, 3.05) is 10.6 Å². The van der Waals surface area contributed by atoms with Crippen molar-refractivity contribution in [2.45, 2.75) is 32.5 Å². The minimum absolute atomic E-state index is 0.252. The van der Waals surface area contributed by atoms with Crippen LogP contribution < -0.4 is 15.4 Å². The second kappa shape index (κ2) is 8.08. The van der Waals surface area contributed by atoms with Crippen LogP contribution in [0.4, 0.5) is 15.8 Å². The van der Waals surface area contributed by atoms with Crippen molar-refractivity contribution in [3.63, 3.8) is 0 Å². The zero-order valence-electron chi connectivity index (χ0n) is 15.3. The van der Waals surface area contributed by atoms with Crippen molar-refractivity contribution >= 4 is 29.2 Å². The first-order valence-corrected chi connectivity index (χ1v) is 8.66. The van der Waals surface area contributed by atoms with Gasteiger partial charge < -0.3 is 20.1 Å². The Balaban J connectivity index is 1.54. The highest BCUT2D eigenvalue weighted by molar-refractivity contribution is 6.00. The van der Waals surface area contributed by atoms with Crippen LogP contribution in [0.1, 0.15) is 18.9 Å². The number of esters is 1. The average molecular weight is 386 g/mol. The molecule has 0 saturated carbocycles. The molecule has 0 aromatic heterocycles. The number of fused-ring (bicyclic) bond motifs is 1. The van der Waals surface area contributed by atoms with E-state index in [4.69, 9.17) is 9.47 Å². The summed E-state index contributed by atoms with van der Waals surface area (Å²) in [6.45, 7) is 2.99. The summed E-state index contributed by atoms with van der Waals surface area (Å²) in [6.07, 6.45) is -2.53. The number of hydrogen-bond donors (Lipinski definition) is 2. The molecule has 28 heavy (non-hydrogen) atoms. The number of para-hydroxylation sites is 2. The predicted molar refractivity (Wildman–Crippen MR) is 99.4 cm³/mol. The fourth-order valence-electron chi connectivity index (χ4n) is 2.59. The van der Waals surface area contributed by atoms with Crippen LogP contribution in [0.15, 0.2) is 42.5 Å². The maximum Gasteiger partial charge on any atom is 0.310 e. The molecule has 0 saturated heterocycles. The van der Waals surface area contributed by atoms with Crippen molar-refractivity contribution in [1.82, 2.24) is 0 Å². The Hall–Kier alpha value is -3.42. The van der Waals surface area contributed by atoms with Crippen LogP contribution in [0.5, 0.6) is 5.75 Å². The highest BCUT2D eigenvalue weighted by Gasteiger charge is 2.31. The fourth-order valence-corrected chi connectivity index (χ4v) is 2.59. The lowest BCUT2D eigenvalue weighted by molar-refractivity contribution is -0.155. The van der Waals surface area contributed by atoms with Gasteiger partial charge in [0.25, 0.3) is 11.8 Å². The van der Waals surface area contributed by atoms with Crippen LogP contribution in [-0.4, -0.2) is 30.0 Å². The van der Waals surface area contributed by atoms with E-state index < -0.39 is 35.8 Å². The van der Waals surface area contributed by atoms with Crippen molar-refractivity contribution in [3.8, 4) is 5.75 Å². The van der Waals surface area contributed by atoms with E-state index in [1.54, 1.807) is 37.3 Å². The molecule has 8 heteroatoms. The van der Waals surface area contributed by atoms with E-state index in [1.807, 2.05) is 0 Å². The number of amides is 2. The largest absolute Gasteiger partial charge is 0.478 e. The monoisotopic (exact) mass is 386 g/mol. The van der Waals surface area contributed by atoms with Gasteiger partial charge in [0.15, 0.2) is 12.2 Å². The third-order valence-electron chi connectivity index (χ3n) is 4.18. The molecule has 0 radical (unpaired) electrons. The second-order valence-electron chi connectivity index (χ2n) is 6.38. The Kier molecular flexibility index (Phi) is 5.58. The fraction of sp³-hybridized carbons (Fsp3) is 0.250. The number of benzene rings is 2. The van der Waals surface area contributed by atoms with Crippen LogP contribution in [0.2, 0.25) is 0 Å². The summed E-state index contributed by atoms with van der Waals surface area (Å²) in [4.78, 5) is 36.3. The summed E-state index contributed by atoms with van der Waals surface area (Å²) in [7, 11) is 0. The molecule has 0 aliphatic carbocycles. The molecule has 7 nitrogen and oxygen atoms in total. The van der Waals surface area contributed by atoms with E-state index in [0.717, 1.165) is 0 Å². The van der Waals surface area contributed by atoms with Gasteiger partial charge >= 0.3 is 5.97 Å². The van der Waals surface area contributed by atoms with E-state index >= 15 is 0 Å². The molecular formula is C20H19FN2O5. The average Bonchev–Trinajstić information content (AvgIpc) is 2.65. The van der Waals surface area contributed by atoms with Crippen LogP contribution in [-0.2, 0) is 19.1 Å². The smallest absolute Gasteiger partial charge is 0.310 e. The third kappa shape index (κ3) is 4.46. The maximum atomic E-state index is 13.6. The number of halogens is 1. The molecule has 2 N–H and O–H groups in total. The molecule has 2 amide bonds. The van der Waals surface area contributed by atoms with Gasteiger partial charge in [0.1, 0.15) is 11.6 Å². The van der Waals surface area contributed by atoms with Gasteiger partial charge in [-0.05, 0) is 43.7 Å². The highest BCUT2D eigenvalue weighted by Crippen LogP contribution is 2.29. The summed E-state index contributed by atoms with van der Waals surface area (Å²) in [5, 5.41) is 5.12. The van der Waals surface area contributed by atoms with E-state index in [2.05, 4.69) is 10.6 Å². The third-order valence-corrected chi connectivity index (χ3v) is 4.18. The van der Waals surface area contributed by atoms with Gasteiger partial charge in [0, 0.05) is 5.69 Å². The Morgan fingerprint density at radius 2 is 2.04 bits per heavy atom. The molecular weight excluding hydrogens is 367 g/mol. The van der Waals surface area contributed by atoms with E-state index in [0.29, 0.717) is 17.0 Å². The molecule has 146 valence electrons. The minimum atomic E-state index is -1.13. The molecule has 1 heterocycles. The lowest BCUT2D eigenvalue weighted by Gasteiger charge is -2.25. The van der Waals surface area contributed by atoms with Crippen molar-refractivity contribution in [3.05, 3.63) is 53.8 Å². The topological polar surface area (TPSA) is 93.7 Å². The van der Waals surface area contributed by atoms with Crippen LogP contribution in [0.3, 0.4) is 0 Å². The van der Waals surface area contributed by atoms with E-state index in [9.17, 15) is 18.8 Å². The number of ether oxygens (including phenoxy) is 2. The van der Waals surface area contributed by atoms with Crippen molar-refractivity contribution < 1.29 is 28.2 Å². The molecule has 2 atom stereocenters. The SMILES string of the molecule is Cc1ccc(NC(=O)[C@@H](C)OC(=O)C[C@@H]2Oc3ccccc3NC2=O)cc1F. The molecule has 2 aromatic rings. The quantitative estimate of drug-likeness (QED) is 0.771. The maximum absolute atomic E-state index is 13.6. The number of carbonyl (C=O) groups is 3. The lowest BCUT2D eigenvalue weighted by atomic mass is 10.1. The molecule has 0 bridgehead atoms. The number of nitrogens with one attached hydrogen (secondary N) is 2. The zero-order chi connectivity index (χ0) is 20.3. The summed E-state index contributed by atoms with van der Waals surface area (Å²) >= 11 is 0. The van der Waals surface area contributed by atoms with Gasteiger partial charge in [-0.1, -0.05) is 18.2 Å². The summed E-state index contributed by atoms with van der Waals surface area (Å²) in [5.74, 6) is -1.86. The van der Waals surface area contributed by atoms with Crippen LogP contribution in [0.25, 0.3) is 0 Å². The lowest BCUT2D eigenvalue weighted by Crippen LogP contribution is -2.40. The molecule has 2 aromatic carbocycles. The van der Waals surface area contributed by atoms with E-state index in [-0.39, 0.29) is 12.1 Å². The summed E-state index contributed by atoms with van der Waals surface area (Å²) in [6, 6.07) is 11.1. The van der Waals surface area contributed by atoms with Gasteiger partial charge in [0.2, 0.25) is 0 Å². The van der Waals surface area contributed by atoms with Gasteiger partial charge in [-0.25, -0.2) is 4.39 Å². The van der Waals surface area contributed by atoms with Crippen LogP contribution >= 0.6 is 0 Å². The Morgan fingerprint density at radius 1 is 1.29 bits per heavy atom. The van der Waals surface area contributed by atoms with Crippen molar-refractivity contribution in [2.24, 2.45) is 0 Å². The Morgan fingerprint density at radius 3 is 2.79 bits per heavy atom. The predicted octanol–water partition coefficient (Wildman–Crippen LogP) is 2.79. The summed E-state index contributed by atoms with van der Waals surface area (Å²) < 4.78 is 24.1. The Bertz CT molecular complexity index is 931. The second-order valence-corrected chi connectivity index (χ2v) is 6.38. The molecule has 0 fully saturated rings. The number of anilines is 2. The highest BCUT2D eigenvalue weighted by atomic mass is 19.1. The number of rotatable bonds is 5. The molecule has 0 spiro atoms. The first-order chi connectivity index (χ1) is 13.3. The first kappa shape index (κ1) is 19.3. The van der Waals surface area contributed by atoms with Gasteiger partial charge in [-0.3, -0.25) is 14.4 Å². The summed E-state index contributed by atoms with van der Waals surface area (Å²) in [5.41, 5.74) is 1.22. The molecule has 1 aliphatic heterocycles. The van der Waals surface area contributed by atoms with Crippen molar-refractivity contribution in [1.29, 1.82) is 0 Å². The van der Waals surface area contributed by atoms with Gasteiger partial charge in [-0.15, -0.1) is 0 Å². The minimum Gasteiger partial charge on any atom is -0.478 e. The number of carbonyl (C=O) groups excluding carboxylic acids is 3. The standard InChI is InChI=1S/C20H19FN2O5/c1-11-7-8-13(9-14(11)21)22-19(25)12(2)27-18(24)10-17-20(26)23-15-5-3-4-6-16(15)28-17/h3-9,12,17H,10H2,1-2H3,(H,22,25)(H,23,26)/t12-,17+/m1/s1. The zero-order valence-corrected chi connectivity index (χ0v) is 15.3. The van der Waals surface area contributed by atoms with Gasteiger partial charge in [-0.2, -0.15) is 0 Å². The first-order valence-electron chi connectivity index (χ1n) is 8.66.